The zero-order valence-corrected chi connectivity index (χ0v) is 20.0. The molecule has 0 bridgehead atoms. The monoisotopic (exact) mass is 450 g/mol. The third kappa shape index (κ3) is 7.15. The second-order valence-corrected chi connectivity index (χ2v) is 8.73. The molecule has 3 heteroatoms. The molecule has 0 amide bonds. The van der Waals surface area contributed by atoms with Gasteiger partial charge in [-0.2, -0.15) is 0 Å². The van der Waals surface area contributed by atoms with Gasteiger partial charge in [0.2, 0.25) is 0 Å². The summed E-state index contributed by atoms with van der Waals surface area (Å²) in [6, 6.07) is 18.3. The van der Waals surface area contributed by atoms with Crippen molar-refractivity contribution in [2.24, 2.45) is 0 Å². The van der Waals surface area contributed by atoms with Crippen LogP contribution in [0, 0.1) is 11.6 Å². The lowest BCUT2D eigenvalue weighted by Gasteiger charge is -2.11. The first-order chi connectivity index (χ1) is 16.1. The molecule has 3 rings (SSSR count). The summed E-state index contributed by atoms with van der Waals surface area (Å²) in [5.74, 6) is -0.867. The van der Waals surface area contributed by atoms with Crippen molar-refractivity contribution in [2.45, 2.75) is 71.6 Å². The minimum Gasteiger partial charge on any atom is -0.494 e. The largest absolute Gasteiger partial charge is 0.494 e. The third-order valence-corrected chi connectivity index (χ3v) is 6.10. The van der Waals surface area contributed by atoms with Crippen molar-refractivity contribution in [2.75, 3.05) is 6.61 Å². The van der Waals surface area contributed by atoms with Gasteiger partial charge in [0.15, 0.2) is 11.6 Å². The van der Waals surface area contributed by atoms with E-state index in [-0.39, 0.29) is 5.56 Å². The molecule has 3 aromatic rings. The number of hydrogen-bond donors (Lipinski definition) is 0. The number of halogens is 2. The van der Waals surface area contributed by atoms with Crippen LogP contribution in [-0.4, -0.2) is 6.61 Å². The van der Waals surface area contributed by atoms with Gasteiger partial charge in [-0.1, -0.05) is 101 Å². The van der Waals surface area contributed by atoms with E-state index in [2.05, 4.69) is 13.8 Å². The summed E-state index contributed by atoms with van der Waals surface area (Å²) in [6.07, 6.45) is 10.5. The van der Waals surface area contributed by atoms with Crippen LogP contribution in [0.5, 0.6) is 5.75 Å². The molecule has 0 radical (unpaired) electrons. The Hall–Kier alpha value is -2.68. The van der Waals surface area contributed by atoms with Gasteiger partial charge in [0, 0.05) is 11.1 Å². The van der Waals surface area contributed by atoms with E-state index in [1.807, 2.05) is 36.4 Å². The quantitative estimate of drug-likeness (QED) is 0.236. The Bertz CT molecular complexity index is 977. The van der Waals surface area contributed by atoms with E-state index in [0.29, 0.717) is 23.3 Å². The normalized spacial score (nSPS) is 11.0. The molecule has 0 spiro atoms. The van der Waals surface area contributed by atoms with Crippen LogP contribution in [0.15, 0.2) is 60.7 Å². The molecule has 0 saturated carbocycles. The molecule has 0 fully saturated rings. The maximum Gasteiger partial charge on any atom is 0.167 e. The summed E-state index contributed by atoms with van der Waals surface area (Å²) in [5, 5.41) is 0. The van der Waals surface area contributed by atoms with Crippen molar-refractivity contribution >= 4 is 0 Å². The summed E-state index contributed by atoms with van der Waals surface area (Å²) < 4.78 is 35.7. The summed E-state index contributed by atoms with van der Waals surface area (Å²) in [6.45, 7) is 5.06. The Morgan fingerprint density at radius 2 is 1.09 bits per heavy atom. The van der Waals surface area contributed by atoms with Crippen molar-refractivity contribution in [3.05, 3.63) is 77.9 Å². The molecule has 176 valence electrons. The van der Waals surface area contributed by atoms with Crippen LogP contribution in [0.3, 0.4) is 0 Å². The summed E-state index contributed by atoms with van der Waals surface area (Å²) in [7, 11) is 0. The lowest BCUT2D eigenvalue weighted by atomic mass is 9.97. The van der Waals surface area contributed by atoms with Crippen LogP contribution in [-0.2, 0) is 6.42 Å². The fraction of sp³-hybridized carbons (Fsp3) is 0.400. The topological polar surface area (TPSA) is 9.23 Å². The van der Waals surface area contributed by atoms with E-state index in [9.17, 15) is 8.78 Å². The molecule has 0 aliphatic carbocycles. The molecule has 0 atom stereocenters. The maximum absolute atomic E-state index is 15.0. The fourth-order valence-corrected chi connectivity index (χ4v) is 4.05. The minimum atomic E-state index is -0.816. The van der Waals surface area contributed by atoms with E-state index in [1.165, 1.54) is 44.1 Å². The van der Waals surface area contributed by atoms with E-state index in [1.54, 1.807) is 24.3 Å². The number of unbranched alkanes of at least 4 members (excludes halogenated alkanes) is 6. The highest BCUT2D eigenvalue weighted by Crippen LogP contribution is 2.32. The van der Waals surface area contributed by atoms with Crippen molar-refractivity contribution in [1.82, 2.24) is 0 Å². The predicted octanol–water partition coefficient (Wildman–Crippen LogP) is 9.38. The highest BCUT2D eigenvalue weighted by Gasteiger charge is 2.16. The zero-order chi connectivity index (χ0) is 23.5. The Morgan fingerprint density at radius 3 is 1.67 bits per heavy atom. The molecule has 0 heterocycles. The van der Waals surface area contributed by atoms with Crippen LogP contribution in [0.2, 0.25) is 0 Å². The molecule has 0 aliphatic rings. The Kier molecular flexibility index (Phi) is 9.93. The molecule has 0 unspecified atom stereocenters. The standard InChI is InChI=1S/C30H36F2O/c1-3-5-7-8-10-22-33-26-18-16-25(17-19-26)28-21-20-27(29(31)30(28)32)24-14-12-23(13-15-24)11-9-6-4-2/h12-21H,3-11,22H2,1-2H3. The summed E-state index contributed by atoms with van der Waals surface area (Å²) in [5.41, 5.74) is 3.12. The predicted molar refractivity (Wildman–Crippen MR) is 135 cm³/mol. The molecular weight excluding hydrogens is 414 g/mol. The van der Waals surface area contributed by atoms with Crippen molar-refractivity contribution in [1.29, 1.82) is 0 Å². The lowest BCUT2D eigenvalue weighted by Crippen LogP contribution is -1.97. The second kappa shape index (κ2) is 13.1. The first kappa shape index (κ1) is 25.0. The number of benzene rings is 3. The van der Waals surface area contributed by atoms with Gasteiger partial charge in [0.1, 0.15) is 5.75 Å². The van der Waals surface area contributed by atoms with E-state index >= 15 is 0 Å². The molecule has 0 N–H and O–H groups in total. The number of ether oxygens (including phenoxy) is 1. The molecule has 0 aliphatic heterocycles. The third-order valence-electron chi connectivity index (χ3n) is 6.10. The van der Waals surface area contributed by atoms with Gasteiger partial charge in [0.05, 0.1) is 6.61 Å². The maximum atomic E-state index is 15.0. The molecular formula is C30H36F2O. The SMILES string of the molecule is CCCCCCCOc1ccc(-c2ccc(-c3ccc(CCCCC)cc3)c(F)c2F)cc1. The van der Waals surface area contributed by atoms with E-state index in [4.69, 9.17) is 4.74 Å². The van der Waals surface area contributed by atoms with Crippen LogP contribution < -0.4 is 4.74 Å². The van der Waals surface area contributed by atoms with Gasteiger partial charge in [-0.25, -0.2) is 8.78 Å². The minimum absolute atomic E-state index is 0.263. The Balaban J connectivity index is 1.65. The van der Waals surface area contributed by atoms with Gasteiger partial charge in [-0.15, -0.1) is 0 Å². The summed E-state index contributed by atoms with van der Waals surface area (Å²) in [4.78, 5) is 0. The molecule has 33 heavy (non-hydrogen) atoms. The second-order valence-electron chi connectivity index (χ2n) is 8.73. The van der Waals surface area contributed by atoms with Gasteiger partial charge in [-0.3, -0.25) is 0 Å². The summed E-state index contributed by atoms with van der Waals surface area (Å²) >= 11 is 0. The molecule has 0 aromatic heterocycles. The fourth-order valence-electron chi connectivity index (χ4n) is 4.05. The van der Waals surface area contributed by atoms with E-state index in [0.717, 1.165) is 25.0 Å². The average molecular weight is 451 g/mol. The lowest BCUT2D eigenvalue weighted by molar-refractivity contribution is 0.304. The Labute approximate surface area is 197 Å². The van der Waals surface area contributed by atoms with Gasteiger partial charge in [-0.05, 0) is 48.1 Å². The Morgan fingerprint density at radius 1 is 0.576 bits per heavy atom. The molecule has 1 nitrogen and oxygen atoms in total. The van der Waals surface area contributed by atoms with Crippen LogP contribution in [0.25, 0.3) is 22.3 Å². The molecule has 0 saturated heterocycles. The number of rotatable bonds is 13. The van der Waals surface area contributed by atoms with Crippen LogP contribution in [0.1, 0.15) is 70.8 Å². The van der Waals surface area contributed by atoms with Crippen molar-refractivity contribution < 1.29 is 13.5 Å². The number of hydrogen-bond acceptors (Lipinski definition) is 1. The van der Waals surface area contributed by atoms with Crippen molar-refractivity contribution in [3.8, 4) is 28.0 Å². The highest BCUT2D eigenvalue weighted by molar-refractivity contribution is 5.72. The highest BCUT2D eigenvalue weighted by atomic mass is 19.2. The first-order valence-corrected chi connectivity index (χ1v) is 12.4. The van der Waals surface area contributed by atoms with E-state index < -0.39 is 11.6 Å². The van der Waals surface area contributed by atoms with Gasteiger partial charge in [0.25, 0.3) is 0 Å². The average Bonchev–Trinajstić information content (AvgIpc) is 2.84. The molecule has 3 aromatic carbocycles. The number of aryl methyl sites for hydroxylation is 1. The zero-order valence-electron chi connectivity index (χ0n) is 20.0. The van der Waals surface area contributed by atoms with Crippen molar-refractivity contribution in [3.63, 3.8) is 0 Å². The smallest absolute Gasteiger partial charge is 0.167 e. The van der Waals surface area contributed by atoms with Gasteiger partial charge >= 0.3 is 0 Å². The van der Waals surface area contributed by atoms with Crippen LogP contribution >= 0.6 is 0 Å². The first-order valence-electron chi connectivity index (χ1n) is 12.4. The van der Waals surface area contributed by atoms with Gasteiger partial charge < -0.3 is 4.74 Å². The van der Waals surface area contributed by atoms with Crippen LogP contribution in [0.4, 0.5) is 8.78 Å².